The van der Waals surface area contributed by atoms with Crippen LogP contribution in [-0.4, -0.2) is 11.7 Å². The third kappa shape index (κ3) is 1.87. The molecular weight excluding hydrogens is 264 g/mol. The maximum Gasteiger partial charge on any atom is 0.299 e. The lowest BCUT2D eigenvalue weighted by atomic mass is 10.1. The van der Waals surface area contributed by atoms with Crippen molar-refractivity contribution in [3.8, 4) is 0 Å². The number of fused-ring (bicyclic) bond motifs is 1. The van der Waals surface area contributed by atoms with Gasteiger partial charge in [0, 0.05) is 0 Å². The molecule has 1 heterocycles. The first kappa shape index (κ1) is 12.5. The Bertz CT molecular complexity index is 710. The lowest BCUT2D eigenvalue weighted by molar-refractivity contribution is -0.114. The third-order valence-electron chi connectivity index (χ3n) is 3.19. The van der Waals surface area contributed by atoms with E-state index in [4.69, 9.17) is 0 Å². The Morgan fingerprint density at radius 2 is 1.65 bits per heavy atom. The van der Waals surface area contributed by atoms with E-state index in [1.54, 1.807) is 0 Å². The zero-order chi connectivity index (χ0) is 14.3. The van der Waals surface area contributed by atoms with Crippen LogP contribution in [0.1, 0.15) is 15.9 Å². The second-order valence-electron chi connectivity index (χ2n) is 4.48. The minimum Gasteiger partial charge on any atom is -0.298 e. The van der Waals surface area contributed by atoms with Gasteiger partial charge >= 0.3 is 0 Å². The van der Waals surface area contributed by atoms with E-state index in [-0.39, 0.29) is 17.8 Å². The van der Waals surface area contributed by atoms with Crippen LogP contribution in [0, 0.1) is 11.6 Å². The second kappa shape index (κ2) is 4.52. The van der Waals surface area contributed by atoms with Crippen LogP contribution in [-0.2, 0) is 11.3 Å². The van der Waals surface area contributed by atoms with Gasteiger partial charge in [0.05, 0.1) is 17.8 Å². The van der Waals surface area contributed by atoms with E-state index >= 15 is 0 Å². The molecule has 0 saturated carbocycles. The van der Waals surface area contributed by atoms with Crippen LogP contribution in [0.4, 0.5) is 14.5 Å². The molecule has 1 aliphatic rings. The fourth-order valence-corrected chi connectivity index (χ4v) is 2.24. The zero-order valence-corrected chi connectivity index (χ0v) is 10.3. The summed E-state index contributed by atoms with van der Waals surface area (Å²) in [5, 5.41) is 0. The van der Waals surface area contributed by atoms with Crippen LogP contribution < -0.4 is 4.90 Å². The van der Waals surface area contributed by atoms with Gasteiger partial charge < -0.3 is 0 Å². The molecule has 0 radical (unpaired) electrons. The molecule has 100 valence electrons. The quantitative estimate of drug-likeness (QED) is 0.789. The summed E-state index contributed by atoms with van der Waals surface area (Å²) in [6.45, 7) is 0.0266. The predicted octanol–water partition coefficient (Wildman–Crippen LogP) is 2.69. The first-order valence-electron chi connectivity index (χ1n) is 5.97. The molecule has 2 aromatic rings. The van der Waals surface area contributed by atoms with Gasteiger partial charge in [-0.2, -0.15) is 0 Å². The molecule has 0 N–H and O–H groups in total. The number of hydrogen-bond donors (Lipinski definition) is 0. The molecule has 0 fully saturated rings. The average molecular weight is 273 g/mol. The van der Waals surface area contributed by atoms with Crippen molar-refractivity contribution in [3.05, 3.63) is 65.2 Å². The number of para-hydroxylation sites is 1. The molecule has 0 aliphatic carbocycles. The van der Waals surface area contributed by atoms with Crippen molar-refractivity contribution in [3.63, 3.8) is 0 Å². The summed E-state index contributed by atoms with van der Waals surface area (Å²) in [4.78, 5) is 24.8. The van der Waals surface area contributed by atoms with Gasteiger partial charge in [-0.05, 0) is 29.8 Å². The number of hydrogen-bond acceptors (Lipinski definition) is 2. The SMILES string of the molecule is O=C1C(=O)N(Cc2ccc(F)cc2)c2c(F)cccc21. The molecule has 0 unspecified atom stereocenters. The molecule has 0 atom stereocenters. The number of nitrogens with zero attached hydrogens (tertiary/aromatic N) is 1. The van der Waals surface area contributed by atoms with E-state index in [0.29, 0.717) is 5.56 Å². The van der Waals surface area contributed by atoms with E-state index in [1.807, 2.05) is 0 Å². The summed E-state index contributed by atoms with van der Waals surface area (Å²) < 4.78 is 26.7. The standard InChI is InChI=1S/C15H9F2NO2/c16-10-6-4-9(5-7-10)8-18-13-11(14(19)15(18)20)2-1-3-12(13)17/h1-7H,8H2. The van der Waals surface area contributed by atoms with Gasteiger partial charge in [0.25, 0.3) is 11.7 Å². The summed E-state index contributed by atoms with van der Waals surface area (Å²) in [6, 6.07) is 9.49. The zero-order valence-electron chi connectivity index (χ0n) is 10.3. The first-order valence-corrected chi connectivity index (χ1v) is 5.97. The molecule has 0 aromatic heterocycles. The van der Waals surface area contributed by atoms with Crippen molar-refractivity contribution in [2.45, 2.75) is 6.54 Å². The van der Waals surface area contributed by atoms with Crippen molar-refractivity contribution in [1.29, 1.82) is 0 Å². The third-order valence-corrected chi connectivity index (χ3v) is 3.19. The Morgan fingerprint density at radius 3 is 2.35 bits per heavy atom. The Morgan fingerprint density at radius 1 is 0.950 bits per heavy atom. The Labute approximate surface area is 113 Å². The van der Waals surface area contributed by atoms with Crippen LogP contribution >= 0.6 is 0 Å². The van der Waals surface area contributed by atoms with E-state index < -0.39 is 23.3 Å². The summed E-state index contributed by atoms with van der Waals surface area (Å²) in [5.41, 5.74) is 0.674. The van der Waals surface area contributed by atoms with E-state index in [1.165, 1.54) is 42.5 Å². The van der Waals surface area contributed by atoms with Crippen LogP contribution in [0.25, 0.3) is 0 Å². The second-order valence-corrected chi connectivity index (χ2v) is 4.48. The smallest absolute Gasteiger partial charge is 0.298 e. The maximum atomic E-state index is 13.8. The van der Waals surface area contributed by atoms with Crippen molar-refractivity contribution in [2.75, 3.05) is 4.90 Å². The van der Waals surface area contributed by atoms with Crippen molar-refractivity contribution in [1.82, 2.24) is 0 Å². The molecule has 20 heavy (non-hydrogen) atoms. The highest BCUT2D eigenvalue weighted by molar-refractivity contribution is 6.52. The van der Waals surface area contributed by atoms with Crippen LogP contribution in [0.5, 0.6) is 0 Å². The summed E-state index contributed by atoms with van der Waals surface area (Å²) in [7, 11) is 0. The largest absolute Gasteiger partial charge is 0.299 e. The van der Waals surface area contributed by atoms with Crippen LogP contribution in [0.3, 0.4) is 0 Å². The Balaban J connectivity index is 2.01. The number of carbonyl (C=O) groups excluding carboxylic acids is 2. The normalized spacial score (nSPS) is 13.8. The van der Waals surface area contributed by atoms with Gasteiger partial charge in [-0.25, -0.2) is 8.78 Å². The number of Topliss-reactive ketones (excluding diaryl/α,β-unsaturated/α-hetero) is 1. The van der Waals surface area contributed by atoms with Crippen molar-refractivity contribution in [2.24, 2.45) is 0 Å². The first-order chi connectivity index (χ1) is 9.58. The molecule has 0 saturated heterocycles. The van der Waals surface area contributed by atoms with Gasteiger partial charge in [-0.1, -0.05) is 18.2 Å². The van der Waals surface area contributed by atoms with Crippen molar-refractivity contribution >= 4 is 17.4 Å². The molecule has 5 heteroatoms. The molecule has 0 bridgehead atoms. The molecule has 3 rings (SSSR count). The van der Waals surface area contributed by atoms with Gasteiger partial charge in [0.1, 0.15) is 11.6 Å². The lowest BCUT2D eigenvalue weighted by Gasteiger charge is -2.17. The summed E-state index contributed by atoms with van der Waals surface area (Å²) in [5.74, 6) is -2.51. The fourth-order valence-electron chi connectivity index (χ4n) is 2.24. The molecule has 2 aromatic carbocycles. The van der Waals surface area contributed by atoms with E-state index in [0.717, 1.165) is 4.90 Å². The summed E-state index contributed by atoms with van der Waals surface area (Å²) >= 11 is 0. The van der Waals surface area contributed by atoms with Gasteiger partial charge in [0.15, 0.2) is 0 Å². The number of anilines is 1. The fraction of sp³-hybridized carbons (Fsp3) is 0.0667. The number of carbonyl (C=O) groups is 2. The minimum absolute atomic E-state index is 0.00757. The summed E-state index contributed by atoms with van der Waals surface area (Å²) in [6.07, 6.45) is 0. The van der Waals surface area contributed by atoms with E-state index in [2.05, 4.69) is 0 Å². The minimum atomic E-state index is -0.769. The lowest BCUT2D eigenvalue weighted by Crippen LogP contribution is -2.29. The number of rotatable bonds is 2. The number of amides is 1. The average Bonchev–Trinajstić information content (AvgIpc) is 2.68. The molecular formula is C15H9F2NO2. The van der Waals surface area contributed by atoms with Gasteiger partial charge in [0.2, 0.25) is 0 Å². The monoisotopic (exact) mass is 273 g/mol. The van der Waals surface area contributed by atoms with Crippen LogP contribution in [0.2, 0.25) is 0 Å². The highest BCUT2D eigenvalue weighted by Gasteiger charge is 2.37. The number of ketones is 1. The predicted molar refractivity (Wildman–Crippen MR) is 68.3 cm³/mol. The van der Waals surface area contributed by atoms with Gasteiger partial charge in [-0.3, -0.25) is 14.5 Å². The van der Waals surface area contributed by atoms with Crippen LogP contribution in [0.15, 0.2) is 42.5 Å². The molecule has 1 amide bonds. The van der Waals surface area contributed by atoms with Crippen molar-refractivity contribution < 1.29 is 18.4 Å². The highest BCUT2D eigenvalue weighted by atomic mass is 19.1. The molecule has 1 aliphatic heterocycles. The Hall–Kier alpha value is -2.56. The number of benzene rings is 2. The van der Waals surface area contributed by atoms with E-state index in [9.17, 15) is 18.4 Å². The molecule has 0 spiro atoms. The molecule has 3 nitrogen and oxygen atoms in total. The van der Waals surface area contributed by atoms with Gasteiger partial charge in [-0.15, -0.1) is 0 Å². The highest BCUT2D eigenvalue weighted by Crippen LogP contribution is 2.32. The maximum absolute atomic E-state index is 13.8. The topological polar surface area (TPSA) is 37.4 Å². The number of halogens is 2. The Kier molecular flexibility index (Phi) is 2.82.